The fourth-order valence-electron chi connectivity index (χ4n) is 4.22. The second kappa shape index (κ2) is 9.75. The van der Waals surface area contributed by atoms with Crippen molar-refractivity contribution in [1.82, 2.24) is 0 Å². The van der Waals surface area contributed by atoms with E-state index >= 15 is 0 Å². The Kier molecular flexibility index (Phi) is 7.09. The van der Waals surface area contributed by atoms with E-state index < -0.39 is 11.8 Å². The number of ether oxygens (including phenoxy) is 1. The van der Waals surface area contributed by atoms with Gasteiger partial charge >= 0.3 is 5.97 Å². The largest absolute Gasteiger partial charge is 0.506 e. The summed E-state index contributed by atoms with van der Waals surface area (Å²) in [7, 11) is 0. The van der Waals surface area contributed by atoms with Gasteiger partial charge in [-0.15, -0.1) is 0 Å². The van der Waals surface area contributed by atoms with Crippen molar-refractivity contribution >= 4 is 17.5 Å². The van der Waals surface area contributed by atoms with Crippen molar-refractivity contribution in [2.75, 3.05) is 0 Å². The molecule has 0 aliphatic heterocycles. The molecule has 2 aromatic rings. The molecule has 0 amide bonds. The summed E-state index contributed by atoms with van der Waals surface area (Å²) in [4.78, 5) is 26.5. The zero-order valence-electron chi connectivity index (χ0n) is 17.9. The van der Waals surface area contributed by atoms with Crippen molar-refractivity contribution < 1.29 is 19.4 Å². The summed E-state index contributed by atoms with van der Waals surface area (Å²) in [6, 6.07) is 17.2. The lowest BCUT2D eigenvalue weighted by Crippen LogP contribution is -2.37. The molecule has 4 nitrogen and oxygen atoms in total. The van der Waals surface area contributed by atoms with E-state index in [-0.39, 0.29) is 23.4 Å². The molecule has 0 aromatic heterocycles. The van der Waals surface area contributed by atoms with Gasteiger partial charge in [-0.05, 0) is 30.6 Å². The third-order valence-corrected chi connectivity index (χ3v) is 5.97. The molecule has 1 aliphatic rings. The highest BCUT2D eigenvalue weighted by Gasteiger charge is 2.36. The first-order valence-corrected chi connectivity index (χ1v) is 10.7. The Morgan fingerprint density at radius 2 is 1.50 bits per heavy atom. The van der Waals surface area contributed by atoms with Gasteiger partial charge in [0.25, 0.3) is 0 Å². The Balaban J connectivity index is 1.97. The van der Waals surface area contributed by atoms with E-state index in [2.05, 4.69) is 20.8 Å². The van der Waals surface area contributed by atoms with Gasteiger partial charge in [0.1, 0.15) is 17.4 Å². The number of benzene rings is 2. The highest BCUT2D eigenvalue weighted by atomic mass is 16.5. The summed E-state index contributed by atoms with van der Waals surface area (Å²) >= 11 is 0. The van der Waals surface area contributed by atoms with Crippen LogP contribution in [0.25, 0.3) is 5.76 Å². The number of esters is 1. The maximum Gasteiger partial charge on any atom is 0.346 e. The van der Waals surface area contributed by atoms with Crippen LogP contribution in [0.15, 0.2) is 66.2 Å². The molecule has 0 unspecified atom stereocenters. The van der Waals surface area contributed by atoms with Gasteiger partial charge < -0.3 is 9.84 Å². The van der Waals surface area contributed by atoms with Crippen LogP contribution in [0.4, 0.5) is 0 Å². The van der Waals surface area contributed by atoms with Crippen LogP contribution in [0, 0.1) is 17.8 Å². The summed E-state index contributed by atoms with van der Waals surface area (Å²) in [5.74, 6) is -0.564. The SMILES string of the molecule is CC(C)[C@@H]1CC[C@@H](C)C[C@H]1OC(=O)/C(C(=O)c1ccccc1)=C(/O)c1ccccc1. The Labute approximate surface area is 178 Å². The molecule has 4 heteroatoms. The summed E-state index contributed by atoms with van der Waals surface area (Å²) in [5, 5.41) is 10.9. The van der Waals surface area contributed by atoms with Gasteiger partial charge in [0.15, 0.2) is 0 Å². The minimum Gasteiger partial charge on any atom is -0.506 e. The molecule has 0 radical (unpaired) electrons. The second-order valence-electron chi connectivity index (χ2n) is 8.55. The van der Waals surface area contributed by atoms with E-state index in [9.17, 15) is 14.7 Å². The Morgan fingerprint density at radius 1 is 0.933 bits per heavy atom. The third kappa shape index (κ3) is 4.99. The molecule has 1 aliphatic carbocycles. The molecule has 0 bridgehead atoms. The molecular formula is C26H30O4. The molecule has 1 fully saturated rings. The van der Waals surface area contributed by atoms with Gasteiger partial charge in [0, 0.05) is 11.1 Å². The molecule has 2 aromatic carbocycles. The van der Waals surface area contributed by atoms with Crippen LogP contribution in [0.5, 0.6) is 0 Å². The number of ketones is 1. The first-order chi connectivity index (χ1) is 14.4. The fraction of sp³-hybridized carbons (Fsp3) is 0.385. The quantitative estimate of drug-likeness (QED) is 0.163. The zero-order chi connectivity index (χ0) is 21.7. The molecule has 3 rings (SSSR count). The Bertz CT molecular complexity index is 899. The maximum absolute atomic E-state index is 13.3. The topological polar surface area (TPSA) is 63.6 Å². The number of rotatable bonds is 6. The number of carbonyl (C=O) groups excluding carboxylic acids is 2. The van der Waals surface area contributed by atoms with Crippen LogP contribution >= 0.6 is 0 Å². The van der Waals surface area contributed by atoms with Crippen LogP contribution in [0.3, 0.4) is 0 Å². The van der Waals surface area contributed by atoms with Crippen molar-refractivity contribution in [3.63, 3.8) is 0 Å². The van der Waals surface area contributed by atoms with Crippen LogP contribution in [-0.4, -0.2) is 23.0 Å². The number of Topliss-reactive ketones (excluding diaryl/α,β-unsaturated/α-hetero) is 1. The van der Waals surface area contributed by atoms with Gasteiger partial charge in [0.05, 0.1) is 0 Å². The predicted octanol–water partition coefficient (Wildman–Crippen LogP) is 5.84. The molecule has 1 N–H and O–H groups in total. The van der Waals surface area contributed by atoms with E-state index in [1.165, 1.54) is 0 Å². The van der Waals surface area contributed by atoms with Crippen molar-refractivity contribution in [2.24, 2.45) is 17.8 Å². The van der Waals surface area contributed by atoms with Gasteiger partial charge in [-0.2, -0.15) is 0 Å². The minimum atomic E-state index is -0.755. The maximum atomic E-state index is 13.3. The van der Waals surface area contributed by atoms with Gasteiger partial charge in [-0.25, -0.2) is 4.79 Å². The minimum absolute atomic E-state index is 0.247. The number of carbonyl (C=O) groups is 2. The number of hydrogen-bond donors (Lipinski definition) is 1. The van der Waals surface area contributed by atoms with E-state index in [0.29, 0.717) is 23.0 Å². The molecule has 0 heterocycles. The van der Waals surface area contributed by atoms with Crippen LogP contribution in [0.2, 0.25) is 0 Å². The van der Waals surface area contributed by atoms with Crippen molar-refractivity contribution in [3.8, 4) is 0 Å². The van der Waals surface area contributed by atoms with Gasteiger partial charge in [-0.3, -0.25) is 4.79 Å². The first-order valence-electron chi connectivity index (χ1n) is 10.7. The van der Waals surface area contributed by atoms with Crippen LogP contribution < -0.4 is 0 Å². The standard InChI is InChI=1S/C26H30O4/c1-17(2)21-15-14-18(3)16-22(21)30-26(29)23(24(27)19-10-6-4-7-11-19)25(28)20-12-8-5-9-13-20/h4-13,17-18,21-22,27H,14-16H2,1-3H3/b24-23+/t18-,21+,22-/m1/s1. The predicted molar refractivity (Wildman–Crippen MR) is 118 cm³/mol. The zero-order valence-corrected chi connectivity index (χ0v) is 17.9. The lowest BCUT2D eigenvalue weighted by molar-refractivity contribution is -0.150. The van der Waals surface area contributed by atoms with Crippen molar-refractivity contribution in [3.05, 3.63) is 77.4 Å². The highest BCUT2D eigenvalue weighted by molar-refractivity contribution is 6.27. The van der Waals surface area contributed by atoms with Crippen LogP contribution in [0.1, 0.15) is 56.0 Å². The molecule has 1 saturated carbocycles. The smallest absolute Gasteiger partial charge is 0.346 e. The van der Waals surface area contributed by atoms with Gasteiger partial charge in [-0.1, -0.05) is 87.9 Å². The van der Waals surface area contributed by atoms with Crippen LogP contribution in [-0.2, 0) is 9.53 Å². The summed E-state index contributed by atoms with van der Waals surface area (Å²) < 4.78 is 5.91. The average Bonchev–Trinajstić information content (AvgIpc) is 2.74. The molecule has 0 spiro atoms. The molecule has 158 valence electrons. The normalized spacial score (nSPS) is 22.3. The van der Waals surface area contributed by atoms with Crippen molar-refractivity contribution in [1.29, 1.82) is 0 Å². The van der Waals surface area contributed by atoms with E-state index in [1.807, 2.05) is 6.07 Å². The average molecular weight is 407 g/mol. The first kappa shape index (κ1) is 21.8. The number of hydrogen-bond acceptors (Lipinski definition) is 4. The van der Waals surface area contributed by atoms with E-state index in [1.54, 1.807) is 54.6 Å². The Hall–Kier alpha value is -2.88. The molecule has 3 atom stereocenters. The second-order valence-corrected chi connectivity index (χ2v) is 8.55. The Morgan fingerprint density at radius 3 is 2.07 bits per heavy atom. The van der Waals surface area contributed by atoms with Gasteiger partial charge in [0.2, 0.25) is 5.78 Å². The third-order valence-electron chi connectivity index (χ3n) is 5.97. The number of aliphatic hydroxyl groups excluding tert-OH is 1. The summed E-state index contributed by atoms with van der Waals surface area (Å²) in [6.45, 7) is 6.42. The lowest BCUT2D eigenvalue weighted by atomic mass is 9.75. The molecule has 0 saturated heterocycles. The summed E-state index contributed by atoms with van der Waals surface area (Å²) in [6.07, 6.45) is 2.61. The lowest BCUT2D eigenvalue weighted by Gasteiger charge is -2.36. The number of aliphatic hydroxyl groups is 1. The van der Waals surface area contributed by atoms with E-state index in [0.717, 1.165) is 19.3 Å². The summed E-state index contributed by atoms with van der Waals surface area (Å²) in [5.41, 5.74) is 0.434. The monoisotopic (exact) mass is 406 g/mol. The van der Waals surface area contributed by atoms with Crippen molar-refractivity contribution in [2.45, 2.75) is 46.1 Å². The highest BCUT2D eigenvalue weighted by Crippen LogP contribution is 2.36. The molecular weight excluding hydrogens is 376 g/mol. The molecule has 30 heavy (non-hydrogen) atoms. The van der Waals surface area contributed by atoms with E-state index in [4.69, 9.17) is 4.74 Å². The fourth-order valence-corrected chi connectivity index (χ4v) is 4.22.